The molecule has 0 atom stereocenters. The van der Waals surface area contributed by atoms with E-state index in [1.165, 1.54) is 16.5 Å². The summed E-state index contributed by atoms with van der Waals surface area (Å²) in [5.41, 5.74) is 9.50. The maximum atomic E-state index is 6.05. The normalized spacial score (nSPS) is 11.5. The standard InChI is InChI=1S/C13H18N2S/c1-9(2)16-8-10-7-15(3)12-6-4-5-11(14)13(10)12/h4-7,9H,8,14H2,1-3H3. The molecule has 0 aliphatic rings. The summed E-state index contributed by atoms with van der Waals surface area (Å²) >= 11 is 1.95. The number of nitrogens with two attached hydrogens (primary N) is 1. The largest absolute Gasteiger partial charge is 0.398 e. The molecule has 16 heavy (non-hydrogen) atoms. The lowest BCUT2D eigenvalue weighted by molar-refractivity contribution is 0.962. The van der Waals surface area contributed by atoms with E-state index in [0.717, 1.165) is 11.4 Å². The van der Waals surface area contributed by atoms with Crippen LogP contribution in [-0.4, -0.2) is 9.82 Å². The maximum absolute atomic E-state index is 6.05. The minimum atomic E-state index is 0.653. The van der Waals surface area contributed by atoms with Gasteiger partial charge in [0, 0.05) is 30.1 Å². The van der Waals surface area contributed by atoms with Crippen molar-refractivity contribution >= 4 is 28.4 Å². The van der Waals surface area contributed by atoms with Crippen molar-refractivity contribution in [2.75, 3.05) is 5.73 Å². The van der Waals surface area contributed by atoms with E-state index in [9.17, 15) is 0 Å². The molecule has 1 aromatic carbocycles. The molecule has 0 radical (unpaired) electrons. The van der Waals surface area contributed by atoms with Crippen LogP contribution in [0.4, 0.5) is 5.69 Å². The second kappa shape index (κ2) is 4.42. The van der Waals surface area contributed by atoms with Crippen molar-refractivity contribution in [3.8, 4) is 0 Å². The highest BCUT2D eigenvalue weighted by atomic mass is 32.2. The molecule has 1 aromatic heterocycles. The van der Waals surface area contributed by atoms with Crippen LogP contribution >= 0.6 is 11.8 Å². The number of hydrogen-bond acceptors (Lipinski definition) is 2. The molecule has 2 aromatic rings. The van der Waals surface area contributed by atoms with Crippen LogP contribution in [0, 0.1) is 0 Å². The summed E-state index contributed by atoms with van der Waals surface area (Å²) in [6, 6.07) is 6.11. The molecule has 1 heterocycles. The van der Waals surface area contributed by atoms with Gasteiger partial charge in [-0.1, -0.05) is 19.9 Å². The molecular formula is C13H18N2S. The van der Waals surface area contributed by atoms with Crippen LogP contribution in [-0.2, 0) is 12.8 Å². The highest BCUT2D eigenvalue weighted by molar-refractivity contribution is 7.99. The van der Waals surface area contributed by atoms with Crippen molar-refractivity contribution in [2.24, 2.45) is 7.05 Å². The summed E-state index contributed by atoms with van der Waals surface area (Å²) in [5, 5.41) is 1.87. The zero-order valence-electron chi connectivity index (χ0n) is 10.0. The predicted molar refractivity (Wildman–Crippen MR) is 73.8 cm³/mol. The Hall–Kier alpha value is -1.09. The van der Waals surface area contributed by atoms with E-state index in [2.05, 4.69) is 37.7 Å². The average molecular weight is 234 g/mol. The van der Waals surface area contributed by atoms with E-state index in [1.807, 2.05) is 23.9 Å². The van der Waals surface area contributed by atoms with E-state index in [1.54, 1.807) is 0 Å². The fourth-order valence-corrected chi connectivity index (χ4v) is 2.67. The van der Waals surface area contributed by atoms with Crippen LogP contribution in [0.15, 0.2) is 24.4 Å². The quantitative estimate of drug-likeness (QED) is 0.825. The number of fused-ring (bicyclic) bond motifs is 1. The molecule has 0 amide bonds. The van der Waals surface area contributed by atoms with E-state index in [-0.39, 0.29) is 0 Å². The van der Waals surface area contributed by atoms with E-state index < -0.39 is 0 Å². The zero-order chi connectivity index (χ0) is 11.7. The molecular weight excluding hydrogens is 216 g/mol. The molecule has 0 bridgehead atoms. The van der Waals surface area contributed by atoms with Crippen molar-refractivity contribution < 1.29 is 0 Å². The zero-order valence-corrected chi connectivity index (χ0v) is 10.8. The number of nitrogen functional groups attached to an aromatic ring is 1. The number of hydrogen-bond donors (Lipinski definition) is 1. The van der Waals surface area contributed by atoms with E-state index in [4.69, 9.17) is 5.73 Å². The van der Waals surface area contributed by atoms with Gasteiger partial charge in [-0.25, -0.2) is 0 Å². The SMILES string of the molecule is CC(C)SCc1cn(C)c2cccc(N)c12. The van der Waals surface area contributed by atoms with Gasteiger partial charge in [-0.3, -0.25) is 0 Å². The highest BCUT2D eigenvalue weighted by Gasteiger charge is 2.09. The number of thioether (sulfide) groups is 1. The number of nitrogens with zero attached hydrogens (tertiary/aromatic N) is 1. The van der Waals surface area contributed by atoms with Crippen LogP contribution < -0.4 is 5.73 Å². The number of rotatable bonds is 3. The van der Waals surface area contributed by atoms with Crippen LogP contribution in [0.2, 0.25) is 0 Å². The first-order valence-corrected chi connectivity index (χ1v) is 6.58. The minimum Gasteiger partial charge on any atom is -0.398 e. The molecule has 0 spiro atoms. The van der Waals surface area contributed by atoms with Gasteiger partial charge in [-0.2, -0.15) is 11.8 Å². The third-order valence-electron chi connectivity index (χ3n) is 2.70. The van der Waals surface area contributed by atoms with Crippen molar-refractivity contribution in [1.82, 2.24) is 4.57 Å². The maximum Gasteiger partial charge on any atom is 0.0501 e. The third kappa shape index (κ3) is 2.05. The van der Waals surface area contributed by atoms with Gasteiger partial charge in [-0.05, 0) is 22.9 Å². The van der Waals surface area contributed by atoms with Gasteiger partial charge in [0.25, 0.3) is 0 Å². The van der Waals surface area contributed by atoms with Crippen molar-refractivity contribution in [3.05, 3.63) is 30.0 Å². The van der Waals surface area contributed by atoms with E-state index >= 15 is 0 Å². The lowest BCUT2D eigenvalue weighted by Crippen LogP contribution is -1.90. The fourth-order valence-electron chi connectivity index (χ4n) is 1.94. The summed E-state index contributed by atoms with van der Waals surface area (Å²) in [6.07, 6.45) is 2.19. The number of aryl methyl sites for hydroxylation is 1. The monoisotopic (exact) mass is 234 g/mol. The lowest BCUT2D eigenvalue weighted by atomic mass is 10.1. The van der Waals surface area contributed by atoms with Gasteiger partial charge in [0.05, 0.1) is 5.52 Å². The third-order valence-corrected chi connectivity index (χ3v) is 3.84. The Labute approximate surface area is 101 Å². The molecule has 2 N–H and O–H groups in total. The summed E-state index contributed by atoms with van der Waals surface area (Å²) in [6.45, 7) is 4.44. The molecule has 0 fully saturated rings. The van der Waals surface area contributed by atoms with Crippen LogP contribution in [0.1, 0.15) is 19.4 Å². The summed E-state index contributed by atoms with van der Waals surface area (Å²) < 4.78 is 2.15. The van der Waals surface area contributed by atoms with Crippen molar-refractivity contribution in [2.45, 2.75) is 24.9 Å². The van der Waals surface area contributed by atoms with Gasteiger partial charge in [0.2, 0.25) is 0 Å². The Morgan fingerprint density at radius 2 is 2.12 bits per heavy atom. The molecule has 2 nitrogen and oxygen atoms in total. The molecule has 0 saturated carbocycles. The van der Waals surface area contributed by atoms with Gasteiger partial charge in [-0.15, -0.1) is 0 Å². The fraction of sp³-hybridized carbons (Fsp3) is 0.385. The number of benzene rings is 1. The summed E-state index contributed by atoms with van der Waals surface area (Å²) in [4.78, 5) is 0. The van der Waals surface area contributed by atoms with Gasteiger partial charge in [0.1, 0.15) is 0 Å². The Kier molecular flexibility index (Phi) is 3.15. The summed E-state index contributed by atoms with van der Waals surface area (Å²) in [5.74, 6) is 1.03. The first-order chi connectivity index (χ1) is 7.59. The van der Waals surface area contributed by atoms with E-state index in [0.29, 0.717) is 5.25 Å². The Morgan fingerprint density at radius 1 is 1.38 bits per heavy atom. The van der Waals surface area contributed by atoms with Gasteiger partial charge < -0.3 is 10.3 Å². The number of anilines is 1. The van der Waals surface area contributed by atoms with Crippen molar-refractivity contribution in [1.29, 1.82) is 0 Å². The highest BCUT2D eigenvalue weighted by Crippen LogP contribution is 2.30. The molecule has 2 rings (SSSR count). The van der Waals surface area contributed by atoms with Crippen LogP contribution in [0.3, 0.4) is 0 Å². The molecule has 0 saturated heterocycles. The lowest BCUT2D eigenvalue weighted by Gasteiger charge is -2.04. The molecule has 86 valence electrons. The molecule has 0 aliphatic heterocycles. The minimum absolute atomic E-state index is 0.653. The topological polar surface area (TPSA) is 30.9 Å². The molecule has 0 aliphatic carbocycles. The first kappa shape index (κ1) is 11.4. The Morgan fingerprint density at radius 3 is 2.81 bits per heavy atom. The molecule has 3 heteroatoms. The predicted octanol–water partition coefficient (Wildman–Crippen LogP) is 3.40. The summed E-state index contributed by atoms with van der Waals surface area (Å²) in [7, 11) is 2.07. The second-order valence-corrected chi connectivity index (χ2v) is 5.93. The van der Waals surface area contributed by atoms with Gasteiger partial charge >= 0.3 is 0 Å². The number of aromatic nitrogens is 1. The second-order valence-electron chi connectivity index (χ2n) is 4.37. The van der Waals surface area contributed by atoms with Crippen LogP contribution in [0.5, 0.6) is 0 Å². The van der Waals surface area contributed by atoms with Gasteiger partial charge in [0.15, 0.2) is 0 Å². The van der Waals surface area contributed by atoms with Crippen molar-refractivity contribution in [3.63, 3.8) is 0 Å². The smallest absolute Gasteiger partial charge is 0.0501 e. The Bertz CT molecular complexity index is 500. The average Bonchev–Trinajstić information content (AvgIpc) is 2.55. The van der Waals surface area contributed by atoms with Crippen LogP contribution in [0.25, 0.3) is 10.9 Å². The Balaban J connectivity index is 2.45. The first-order valence-electron chi connectivity index (χ1n) is 5.53. The molecule has 0 unspecified atom stereocenters.